The maximum atomic E-state index is 12.2. The molecule has 2 heterocycles. The van der Waals surface area contributed by atoms with Crippen LogP contribution in [0, 0.1) is 0 Å². The molecule has 0 unspecified atom stereocenters. The molecule has 0 amide bonds. The SMILES string of the molecule is O=S(=O)(c1cc(Cl)sc1Cl)N1CCNCC1. The lowest BCUT2D eigenvalue weighted by Gasteiger charge is -2.26. The van der Waals surface area contributed by atoms with Crippen LogP contribution in [0.2, 0.25) is 8.67 Å². The monoisotopic (exact) mass is 300 g/mol. The first-order valence-corrected chi connectivity index (χ1v) is 7.69. The molecule has 0 saturated carbocycles. The van der Waals surface area contributed by atoms with Crippen molar-refractivity contribution in [1.82, 2.24) is 9.62 Å². The maximum Gasteiger partial charge on any atom is 0.245 e. The number of halogens is 2. The number of piperazine rings is 1. The highest BCUT2D eigenvalue weighted by molar-refractivity contribution is 7.89. The lowest BCUT2D eigenvalue weighted by Crippen LogP contribution is -2.46. The molecule has 0 atom stereocenters. The summed E-state index contributed by atoms with van der Waals surface area (Å²) in [5, 5.41) is 3.10. The van der Waals surface area contributed by atoms with Gasteiger partial charge in [-0.2, -0.15) is 4.31 Å². The van der Waals surface area contributed by atoms with Crippen molar-refractivity contribution in [3.05, 3.63) is 14.7 Å². The summed E-state index contributed by atoms with van der Waals surface area (Å²) in [6.07, 6.45) is 0. The summed E-state index contributed by atoms with van der Waals surface area (Å²) in [5.41, 5.74) is 0. The molecule has 1 aromatic rings. The van der Waals surface area contributed by atoms with Crippen LogP contribution in [-0.4, -0.2) is 38.9 Å². The van der Waals surface area contributed by atoms with Crippen molar-refractivity contribution in [2.24, 2.45) is 0 Å². The van der Waals surface area contributed by atoms with Crippen molar-refractivity contribution in [1.29, 1.82) is 0 Å². The molecule has 8 heteroatoms. The molecule has 1 aromatic heterocycles. The second kappa shape index (κ2) is 4.80. The molecule has 1 N–H and O–H groups in total. The van der Waals surface area contributed by atoms with E-state index in [0.717, 1.165) is 11.3 Å². The molecule has 0 spiro atoms. The molecule has 16 heavy (non-hydrogen) atoms. The van der Waals surface area contributed by atoms with Crippen molar-refractivity contribution in [3.63, 3.8) is 0 Å². The molecule has 1 aliphatic heterocycles. The highest BCUT2D eigenvalue weighted by atomic mass is 35.5. The minimum absolute atomic E-state index is 0.117. The zero-order chi connectivity index (χ0) is 11.8. The van der Waals surface area contributed by atoms with Crippen LogP contribution < -0.4 is 5.32 Å². The van der Waals surface area contributed by atoms with Crippen molar-refractivity contribution < 1.29 is 8.42 Å². The number of hydrogen-bond acceptors (Lipinski definition) is 4. The lowest BCUT2D eigenvalue weighted by molar-refractivity contribution is 0.360. The number of rotatable bonds is 2. The number of thiophene rings is 1. The molecular weight excluding hydrogens is 291 g/mol. The van der Waals surface area contributed by atoms with E-state index in [1.807, 2.05) is 0 Å². The van der Waals surface area contributed by atoms with Gasteiger partial charge in [0.25, 0.3) is 0 Å². The van der Waals surface area contributed by atoms with Gasteiger partial charge in [0.2, 0.25) is 10.0 Å². The van der Waals surface area contributed by atoms with Gasteiger partial charge in [-0.1, -0.05) is 23.2 Å². The molecule has 2 rings (SSSR count). The van der Waals surface area contributed by atoms with Crippen molar-refractivity contribution in [3.8, 4) is 0 Å². The lowest BCUT2D eigenvalue weighted by atomic mass is 10.4. The standard InChI is InChI=1S/C8H10Cl2N2O2S2/c9-7-5-6(8(10)15-7)16(13,14)12-3-1-11-2-4-12/h5,11H,1-4H2. The number of nitrogens with zero attached hydrogens (tertiary/aromatic N) is 1. The molecule has 4 nitrogen and oxygen atoms in total. The second-order valence-electron chi connectivity index (χ2n) is 3.34. The van der Waals surface area contributed by atoms with E-state index < -0.39 is 10.0 Å². The minimum Gasteiger partial charge on any atom is -0.314 e. The number of hydrogen-bond donors (Lipinski definition) is 1. The highest BCUT2D eigenvalue weighted by Gasteiger charge is 2.29. The average Bonchev–Trinajstić information content (AvgIpc) is 2.60. The van der Waals surface area contributed by atoms with Gasteiger partial charge in [-0.15, -0.1) is 11.3 Å². The molecule has 0 aromatic carbocycles. The Hall–Kier alpha value is 0.150. The Balaban J connectivity index is 2.34. The summed E-state index contributed by atoms with van der Waals surface area (Å²) < 4.78 is 26.4. The largest absolute Gasteiger partial charge is 0.314 e. The zero-order valence-corrected chi connectivity index (χ0v) is 11.4. The Bertz CT molecular complexity index is 480. The van der Waals surface area contributed by atoms with Gasteiger partial charge in [0, 0.05) is 26.2 Å². The van der Waals surface area contributed by atoms with E-state index in [4.69, 9.17) is 23.2 Å². The predicted octanol–water partition coefficient (Wildman–Crippen LogP) is 1.65. The van der Waals surface area contributed by atoms with Crippen LogP contribution in [0.1, 0.15) is 0 Å². The van der Waals surface area contributed by atoms with Gasteiger partial charge in [-0.25, -0.2) is 8.42 Å². The van der Waals surface area contributed by atoms with E-state index in [1.54, 1.807) is 0 Å². The minimum atomic E-state index is -3.48. The van der Waals surface area contributed by atoms with Crippen LogP contribution in [0.4, 0.5) is 0 Å². The molecule has 0 radical (unpaired) electrons. The third kappa shape index (κ3) is 2.37. The summed E-state index contributed by atoms with van der Waals surface area (Å²) in [7, 11) is -3.48. The van der Waals surface area contributed by atoms with Gasteiger partial charge in [-0.3, -0.25) is 0 Å². The fraction of sp³-hybridized carbons (Fsp3) is 0.500. The van der Waals surface area contributed by atoms with E-state index in [0.29, 0.717) is 30.5 Å². The Morgan fingerprint density at radius 1 is 1.31 bits per heavy atom. The van der Waals surface area contributed by atoms with Gasteiger partial charge in [-0.05, 0) is 6.07 Å². The van der Waals surface area contributed by atoms with Crippen molar-refractivity contribution in [2.75, 3.05) is 26.2 Å². The van der Waals surface area contributed by atoms with E-state index in [9.17, 15) is 8.42 Å². The molecular formula is C8H10Cl2N2O2S2. The average molecular weight is 301 g/mol. The van der Waals surface area contributed by atoms with E-state index >= 15 is 0 Å². The van der Waals surface area contributed by atoms with Crippen molar-refractivity contribution >= 4 is 44.6 Å². The first kappa shape index (κ1) is 12.6. The van der Waals surface area contributed by atoms with Crippen LogP contribution >= 0.6 is 34.5 Å². The molecule has 90 valence electrons. The smallest absolute Gasteiger partial charge is 0.245 e. The topological polar surface area (TPSA) is 49.4 Å². The Morgan fingerprint density at radius 2 is 1.94 bits per heavy atom. The third-order valence-corrected chi connectivity index (χ3v) is 5.97. The summed E-state index contributed by atoms with van der Waals surface area (Å²) >= 11 is 12.7. The maximum absolute atomic E-state index is 12.2. The summed E-state index contributed by atoms with van der Waals surface area (Å²) in [4.78, 5) is 0.117. The Morgan fingerprint density at radius 3 is 2.44 bits per heavy atom. The van der Waals surface area contributed by atoms with Crippen LogP contribution in [0.5, 0.6) is 0 Å². The Labute approximate surface area is 108 Å². The summed E-state index contributed by atoms with van der Waals surface area (Å²) in [6.45, 7) is 2.25. The van der Waals surface area contributed by atoms with Crippen LogP contribution in [0.15, 0.2) is 11.0 Å². The summed E-state index contributed by atoms with van der Waals surface area (Å²) in [6, 6.07) is 1.41. The fourth-order valence-corrected chi connectivity index (χ4v) is 5.08. The van der Waals surface area contributed by atoms with E-state index in [-0.39, 0.29) is 9.23 Å². The van der Waals surface area contributed by atoms with Crippen LogP contribution in [-0.2, 0) is 10.0 Å². The second-order valence-corrected chi connectivity index (χ2v) is 7.53. The molecule has 1 fully saturated rings. The molecule has 0 aliphatic carbocycles. The quantitative estimate of drug-likeness (QED) is 0.903. The van der Waals surface area contributed by atoms with Gasteiger partial charge in [0.1, 0.15) is 9.23 Å². The van der Waals surface area contributed by atoms with Crippen molar-refractivity contribution in [2.45, 2.75) is 4.90 Å². The first-order valence-electron chi connectivity index (χ1n) is 4.67. The van der Waals surface area contributed by atoms with E-state index in [2.05, 4.69) is 5.32 Å². The Kier molecular flexibility index (Phi) is 3.78. The number of nitrogens with one attached hydrogen (secondary N) is 1. The third-order valence-electron chi connectivity index (χ3n) is 2.32. The van der Waals surface area contributed by atoms with Gasteiger partial charge in [0.05, 0.1) is 4.34 Å². The fourth-order valence-electron chi connectivity index (χ4n) is 1.52. The molecule has 1 aliphatic rings. The van der Waals surface area contributed by atoms with Gasteiger partial charge < -0.3 is 5.32 Å². The predicted molar refractivity (Wildman–Crippen MR) is 66.0 cm³/mol. The van der Waals surface area contributed by atoms with Gasteiger partial charge >= 0.3 is 0 Å². The summed E-state index contributed by atoms with van der Waals surface area (Å²) in [5.74, 6) is 0. The molecule has 1 saturated heterocycles. The van der Waals surface area contributed by atoms with Gasteiger partial charge in [0.15, 0.2) is 0 Å². The number of sulfonamides is 1. The first-order chi connectivity index (χ1) is 7.51. The molecule has 0 bridgehead atoms. The van der Waals surface area contributed by atoms with Crippen LogP contribution in [0.25, 0.3) is 0 Å². The highest BCUT2D eigenvalue weighted by Crippen LogP contribution is 2.35. The van der Waals surface area contributed by atoms with E-state index in [1.165, 1.54) is 10.4 Å². The van der Waals surface area contributed by atoms with Crippen LogP contribution in [0.3, 0.4) is 0 Å². The normalized spacial score (nSPS) is 18.9. The zero-order valence-electron chi connectivity index (χ0n) is 8.24.